The van der Waals surface area contributed by atoms with Gasteiger partial charge in [-0.1, -0.05) is 18.2 Å². The Labute approximate surface area is 160 Å². The predicted octanol–water partition coefficient (Wildman–Crippen LogP) is 5.25. The van der Waals surface area contributed by atoms with Crippen LogP contribution in [0.15, 0.2) is 66.6 Å². The number of aryl methyl sites for hydroxylation is 1. The molecule has 0 unspecified atom stereocenters. The van der Waals surface area contributed by atoms with Crippen LogP contribution in [0.4, 0.5) is 14.5 Å². The van der Waals surface area contributed by atoms with Crippen LogP contribution in [-0.2, 0) is 0 Å². The Bertz CT molecular complexity index is 1020. The molecule has 0 saturated carbocycles. The maximum absolute atomic E-state index is 13.6. The SMILES string of the molecule is C=C(/N=C(/Nc1ccc(F)c(F)c1)c1ccc(Cl)cc1C)c1cnccn1. The minimum Gasteiger partial charge on any atom is -0.340 e. The van der Waals surface area contributed by atoms with Crippen LogP contribution in [-0.4, -0.2) is 15.8 Å². The molecule has 1 heterocycles. The van der Waals surface area contributed by atoms with Gasteiger partial charge in [0, 0.05) is 34.7 Å². The molecular weight excluding hydrogens is 370 g/mol. The highest BCUT2D eigenvalue weighted by molar-refractivity contribution is 6.30. The Hall–Kier alpha value is -3.12. The largest absolute Gasteiger partial charge is 0.340 e. The third-order valence-corrected chi connectivity index (χ3v) is 3.97. The highest BCUT2D eigenvalue weighted by atomic mass is 35.5. The van der Waals surface area contributed by atoms with Crippen molar-refractivity contribution in [3.05, 3.63) is 95.0 Å². The van der Waals surface area contributed by atoms with Crippen LogP contribution in [0.3, 0.4) is 0 Å². The molecular formula is C20H15ClF2N4. The Kier molecular flexibility index (Phi) is 5.57. The molecule has 0 amide bonds. The van der Waals surface area contributed by atoms with Crippen LogP contribution in [0.1, 0.15) is 16.8 Å². The summed E-state index contributed by atoms with van der Waals surface area (Å²) in [4.78, 5) is 12.7. The maximum atomic E-state index is 13.6. The summed E-state index contributed by atoms with van der Waals surface area (Å²) < 4.78 is 26.8. The third kappa shape index (κ3) is 4.54. The van der Waals surface area contributed by atoms with E-state index in [2.05, 4.69) is 26.9 Å². The molecule has 0 aliphatic heterocycles. The molecule has 7 heteroatoms. The van der Waals surface area contributed by atoms with E-state index in [1.54, 1.807) is 24.4 Å². The smallest absolute Gasteiger partial charge is 0.160 e. The van der Waals surface area contributed by atoms with Gasteiger partial charge in [0.15, 0.2) is 11.6 Å². The zero-order chi connectivity index (χ0) is 19.4. The molecule has 0 radical (unpaired) electrons. The summed E-state index contributed by atoms with van der Waals surface area (Å²) >= 11 is 6.03. The van der Waals surface area contributed by atoms with Crippen LogP contribution in [0.5, 0.6) is 0 Å². The van der Waals surface area contributed by atoms with Crippen molar-refractivity contribution < 1.29 is 8.78 Å². The Morgan fingerprint density at radius 3 is 2.59 bits per heavy atom. The molecule has 0 aliphatic rings. The molecule has 0 spiro atoms. The Balaban J connectivity index is 2.04. The summed E-state index contributed by atoms with van der Waals surface area (Å²) in [7, 11) is 0. The van der Waals surface area contributed by atoms with Crippen molar-refractivity contribution in [3.63, 3.8) is 0 Å². The van der Waals surface area contributed by atoms with Crippen molar-refractivity contribution in [2.45, 2.75) is 6.92 Å². The molecule has 2 aromatic carbocycles. The lowest BCUT2D eigenvalue weighted by molar-refractivity contribution is 0.509. The molecule has 3 aromatic rings. The van der Waals surface area contributed by atoms with E-state index in [9.17, 15) is 8.78 Å². The van der Waals surface area contributed by atoms with E-state index in [0.29, 0.717) is 27.9 Å². The first-order valence-corrected chi connectivity index (χ1v) is 8.34. The Morgan fingerprint density at radius 1 is 1.11 bits per heavy atom. The van der Waals surface area contributed by atoms with Crippen LogP contribution < -0.4 is 5.32 Å². The van der Waals surface area contributed by atoms with E-state index in [-0.39, 0.29) is 0 Å². The minimum atomic E-state index is -0.958. The van der Waals surface area contributed by atoms with Crippen molar-refractivity contribution in [2.75, 3.05) is 5.32 Å². The number of halogens is 3. The van der Waals surface area contributed by atoms with E-state index >= 15 is 0 Å². The molecule has 0 atom stereocenters. The van der Waals surface area contributed by atoms with Gasteiger partial charge in [-0.2, -0.15) is 0 Å². The third-order valence-electron chi connectivity index (χ3n) is 3.73. The number of nitrogens with one attached hydrogen (secondary N) is 1. The molecule has 136 valence electrons. The first kappa shape index (κ1) is 18.7. The number of aliphatic imine (C=N–C) groups is 1. The number of rotatable bonds is 4. The molecule has 0 saturated heterocycles. The average molecular weight is 385 g/mol. The van der Waals surface area contributed by atoms with Gasteiger partial charge in [0.05, 0.1) is 11.9 Å². The maximum Gasteiger partial charge on any atom is 0.160 e. The zero-order valence-corrected chi connectivity index (χ0v) is 15.1. The number of aromatic nitrogens is 2. The fourth-order valence-electron chi connectivity index (χ4n) is 2.40. The Morgan fingerprint density at radius 2 is 1.93 bits per heavy atom. The van der Waals surface area contributed by atoms with E-state index in [4.69, 9.17) is 11.6 Å². The van der Waals surface area contributed by atoms with Gasteiger partial charge in [0.25, 0.3) is 0 Å². The second-order valence-electron chi connectivity index (χ2n) is 5.71. The molecule has 3 rings (SSSR count). The summed E-state index contributed by atoms with van der Waals surface area (Å²) in [5, 5.41) is 3.60. The normalized spacial score (nSPS) is 11.3. The van der Waals surface area contributed by atoms with Crippen LogP contribution >= 0.6 is 11.6 Å². The van der Waals surface area contributed by atoms with Crippen LogP contribution in [0, 0.1) is 18.6 Å². The van der Waals surface area contributed by atoms with Gasteiger partial charge in [0.2, 0.25) is 0 Å². The van der Waals surface area contributed by atoms with Crippen molar-refractivity contribution in [3.8, 4) is 0 Å². The number of amidine groups is 1. The molecule has 27 heavy (non-hydrogen) atoms. The van der Waals surface area contributed by atoms with E-state index in [1.165, 1.54) is 18.5 Å². The summed E-state index contributed by atoms with van der Waals surface area (Å²) in [6.45, 7) is 5.79. The van der Waals surface area contributed by atoms with Gasteiger partial charge >= 0.3 is 0 Å². The van der Waals surface area contributed by atoms with Gasteiger partial charge in [-0.15, -0.1) is 0 Å². The van der Waals surface area contributed by atoms with Gasteiger partial charge < -0.3 is 5.32 Å². The summed E-state index contributed by atoms with van der Waals surface area (Å²) in [6, 6.07) is 8.81. The zero-order valence-electron chi connectivity index (χ0n) is 14.4. The highest BCUT2D eigenvalue weighted by Crippen LogP contribution is 2.21. The van der Waals surface area contributed by atoms with Crippen LogP contribution in [0.2, 0.25) is 5.02 Å². The first-order chi connectivity index (χ1) is 12.9. The molecule has 1 aromatic heterocycles. The lowest BCUT2D eigenvalue weighted by Gasteiger charge is -2.14. The van der Waals surface area contributed by atoms with Crippen molar-refractivity contribution >= 4 is 28.8 Å². The number of benzene rings is 2. The fraction of sp³-hybridized carbons (Fsp3) is 0.0500. The highest BCUT2D eigenvalue weighted by Gasteiger charge is 2.12. The van der Waals surface area contributed by atoms with Gasteiger partial charge in [0.1, 0.15) is 11.5 Å². The molecule has 0 fully saturated rings. The average Bonchev–Trinajstić information content (AvgIpc) is 2.65. The molecule has 0 aliphatic carbocycles. The quantitative estimate of drug-likeness (QED) is 0.494. The molecule has 1 N–H and O–H groups in total. The number of nitrogens with zero attached hydrogens (tertiary/aromatic N) is 3. The summed E-state index contributed by atoms with van der Waals surface area (Å²) in [6.07, 6.45) is 4.62. The summed E-state index contributed by atoms with van der Waals surface area (Å²) in [5.41, 5.74) is 2.78. The second kappa shape index (κ2) is 8.05. The first-order valence-electron chi connectivity index (χ1n) is 7.96. The van der Waals surface area contributed by atoms with Gasteiger partial charge in [-0.3, -0.25) is 9.97 Å². The van der Waals surface area contributed by atoms with Crippen LogP contribution in [0.25, 0.3) is 5.70 Å². The number of anilines is 1. The standard InChI is InChI=1S/C20H15ClF2N4/c1-12-9-14(21)3-5-16(12)20(26-13(2)19-11-24-7-8-25-19)27-15-4-6-17(22)18(23)10-15/h3-11H,2H2,1H3,(H,26,27). The van der Waals surface area contributed by atoms with E-state index < -0.39 is 11.6 Å². The number of hydrogen-bond donors (Lipinski definition) is 1. The van der Waals surface area contributed by atoms with E-state index in [1.807, 2.05) is 6.92 Å². The lowest BCUT2D eigenvalue weighted by atomic mass is 10.1. The van der Waals surface area contributed by atoms with Crippen molar-refractivity contribution in [2.24, 2.45) is 4.99 Å². The predicted molar refractivity (Wildman–Crippen MR) is 104 cm³/mol. The van der Waals surface area contributed by atoms with Gasteiger partial charge in [-0.25, -0.2) is 13.8 Å². The molecule has 4 nitrogen and oxygen atoms in total. The van der Waals surface area contributed by atoms with Crippen molar-refractivity contribution in [1.29, 1.82) is 0 Å². The fourth-order valence-corrected chi connectivity index (χ4v) is 2.63. The minimum absolute atomic E-state index is 0.342. The lowest BCUT2D eigenvalue weighted by Crippen LogP contribution is -2.16. The molecule has 0 bridgehead atoms. The number of hydrogen-bond acceptors (Lipinski definition) is 3. The van der Waals surface area contributed by atoms with Crippen molar-refractivity contribution in [1.82, 2.24) is 9.97 Å². The van der Waals surface area contributed by atoms with E-state index in [0.717, 1.165) is 23.3 Å². The topological polar surface area (TPSA) is 50.2 Å². The second-order valence-corrected chi connectivity index (χ2v) is 6.15. The monoisotopic (exact) mass is 384 g/mol. The summed E-state index contributed by atoms with van der Waals surface area (Å²) in [5.74, 6) is -1.49. The van der Waals surface area contributed by atoms with Gasteiger partial charge in [-0.05, 0) is 42.8 Å².